The zero-order valence-electron chi connectivity index (χ0n) is 21.7. The van der Waals surface area contributed by atoms with E-state index in [9.17, 15) is 0 Å². The lowest BCUT2D eigenvalue weighted by Gasteiger charge is -2.44. The summed E-state index contributed by atoms with van der Waals surface area (Å²) in [6.07, 6.45) is 13.2. The first-order chi connectivity index (χ1) is 14.0. The van der Waals surface area contributed by atoms with E-state index in [4.69, 9.17) is 0 Å². The van der Waals surface area contributed by atoms with Gasteiger partial charge in [-0.25, -0.2) is 0 Å². The van der Waals surface area contributed by atoms with E-state index in [0.29, 0.717) is 17.3 Å². The van der Waals surface area contributed by atoms with E-state index in [2.05, 4.69) is 86.2 Å². The average Bonchev–Trinajstić information content (AvgIpc) is 2.67. The molecule has 0 amide bonds. The third-order valence-electron chi connectivity index (χ3n) is 8.03. The van der Waals surface area contributed by atoms with Gasteiger partial charge >= 0.3 is 0 Å². The van der Waals surface area contributed by atoms with E-state index < -0.39 is 0 Å². The standard InChI is InChI=1S/C30H52/c1-24(2)29(7,8)23-30(9,25(3)4)27(6)17-15-13-11-10-12-14-16-18-28-21-19-26(5)20-22-28/h19-22,24-25H,6,10-18,23H2,1-5,7-9H3. The lowest BCUT2D eigenvalue weighted by molar-refractivity contribution is 0.113. The van der Waals surface area contributed by atoms with Crippen molar-refractivity contribution < 1.29 is 0 Å². The molecule has 0 spiro atoms. The largest absolute Gasteiger partial charge is 0.0993 e. The highest BCUT2D eigenvalue weighted by atomic mass is 14.4. The first-order valence-corrected chi connectivity index (χ1v) is 12.7. The van der Waals surface area contributed by atoms with Crippen LogP contribution >= 0.6 is 0 Å². The third kappa shape index (κ3) is 8.99. The van der Waals surface area contributed by atoms with Crippen molar-refractivity contribution in [1.29, 1.82) is 0 Å². The third-order valence-corrected chi connectivity index (χ3v) is 8.03. The van der Waals surface area contributed by atoms with Crippen molar-refractivity contribution in [1.82, 2.24) is 0 Å². The molecule has 1 aromatic rings. The molecule has 0 heterocycles. The predicted molar refractivity (Wildman–Crippen MR) is 137 cm³/mol. The van der Waals surface area contributed by atoms with Crippen LogP contribution in [-0.2, 0) is 6.42 Å². The Kier molecular flexibility index (Phi) is 11.5. The highest BCUT2D eigenvalue weighted by molar-refractivity contribution is 5.21. The van der Waals surface area contributed by atoms with E-state index in [1.807, 2.05) is 0 Å². The molecule has 0 bridgehead atoms. The van der Waals surface area contributed by atoms with E-state index in [-0.39, 0.29) is 5.41 Å². The summed E-state index contributed by atoms with van der Waals surface area (Å²) in [6.45, 7) is 23.6. The van der Waals surface area contributed by atoms with Gasteiger partial charge in [0.05, 0.1) is 0 Å². The zero-order valence-corrected chi connectivity index (χ0v) is 21.7. The Morgan fingerprint density at radius 1 is 0.767 bits per heavy atom. The first-order valence-electron chi connectivity index (χ1n) is 12.7. The molecule has 0 heteroatoms. The van der Waals surface area contributed by atoms with Crippen molar-refractivity contribution >= 4 is 0 Å². The van der Waals surface area contributed by atoms with Crippen molar-refractivity contribution in [3.63, 3.8) is 0 Å². The monoisotopic (exact) mass is 412 g/mol. The van der Waals surface area contributed by atoms with E-state index in [1.54, 1.807) is 0 Å². The molecule has 0 saturated carbocycles. The molecule has 0 N–H and O–H groups in total. The molecule has 1 rings (SSSR count). The fraction of sp³-hybridized carbons (Fsp3) is 0.733. The summed E-state index contributed by atoms with van der Waals surface area (Å²) in [4.78, 5) is 0. The molecule has 1 unspecified atom stereocenters. The molecule has 0 aromatic heterocycles. The lowest BCUT2D eigenvalue weighted by Crippen LogP contribution is -2.34. The van der Waals surface area contributed by atoms with Crippen LogP contribution in [0.3, 0.4) is 0 Å². The first kappa shape index (κ1) is 27.0. The number of rotatable bonds is 15. The normalized spacial score (nSPS) is 14.3. The van der Waals surface area contributed by atoms with Crippen molar-refractivity contribution in [3.8, 4) is 0 Å². The van der Waals surface area contributed by atoms with Gasteiger partial charge in [-0.15, -0.1) is 0 Å². The molecule has 0 aliphatic heterocycles. The second-order valence-electron chi connectivity index (χ2n) is 11.5. The van der Waals surface area contributed by atoms with E-state index in [0.717, 1.165) is 0 Å². The van der Waals surface area contributed by atoms with Crippen LogP contribution in [0.5, 0.6) is 0 Å². The van der Waals surface area contributed by atoms with Crippen molar-refractivity contribution in [2.45, 2.75) is 120 Å². The maximum absolute atomic E-state index is 4.58. The Bertz CT molecular complexity index is 601. The number of hydrogen-bond acceptors (Lipinski definition) is 0. The van der Waals surface area contributed by atoms with Crippen LogP contribution in [0.2, 0.25) is 0 Å². The smallest absolute Gasteiger partial charge is 0.00909 e. The summed E-state index contributed by atoms with van der Waals surface area (Å²) >= 11 is 0. The maximum Gasteiger partial charge on any atom is -0.00909 e. The van der Waals surface area contributed by atoms with Crippen molar-refractivity contribution in [2.75, 3.05) is 0 Å². The summed E-state index contributed by atoms with van der Waals surface area (Å²) in [5.74, 6) is 1.35. The van der Waals surface area contributed by atoms with Crippen LogP contribution in [0.25, 0.3) is 0 Å². The molecule has 172 valence electrons. The Morgan fingerprint density at radius 3 is 1.77 bits per heavy atom. The minimum absolute atomic E-state index is 0.254. The summed E-state index contributed by atoms with van der Waals surface area (Å²) in [6, 6.07) is 9.04. The molecule has 0 radical (unpaired) electrons. The van der Waals surface area contributed by atoms with Crippen LogP contribution in [0, 0.1) is 29.6 Å². The minimum atomic E-state index is 0.254. The van der Waals surface area contributed by atoms with Crippen molar-refractivity contribution in [3.05, 3.63) is 47.5 Å². The van der Waals surface area contributed by atoms with Crippen LogP contribution in [0.4, 0.5) is 0 Å². The molecule has 30 heavy (non-hydrogen) atoms. The number of unbranched alkanes of at least 4 members (excludes halogenated alkanes) is 6. The van der Waals surface area contributed by atoms with Gasteiger partial charge in [0.1, 0.15) is 0 Å². The quantitative estimate of drug-likeness (QED) is 0.198. The fourth-order valence-electron chi connectivity index (χ4n) is 4.48. The molecule has 0 saturated heterocycles. The second kappa shape index (κ2) is 12.7. The fourth-order valence-corrected chi connectivity index (χ4v) is 4.48. The molecule has 0 nitrogen and oxygen atoms in total. The van der Waals surface area contributed by atoms with Crippen molar-refractivity contribution in [2.24, 2.45) is 22.7 Å². The molecule has 0 aliphatic rings. The number of aryl methyl sites for hydroxylation is 2. The second-order valence-corrected chi connectivity index (χ2v) is 11.5. The van der Waals surface area contributed by atoms with E-state index in [1.165, 1.54) is 80.9 Å². The summed E-state index contributed by atoms with van der Waals surface area (Å²) in [5.41, 5.74) is 4.96. The topological polar surface area (TPSA) is 0 Å². The van der Waals surface area contributed by atoms with Crippen LogP contribution in [0.15, 0.2) is 36.4 Å². The molecular weight excluding hydrogens is 360 g/mol. The van der Waals surface area contributed by atoms with Gasteiger partial charge in [-0.2, -0.15) is 0 Å². The van der Waals surface area contributed by atoms with Crippen LogP contribution in [-0.4, -0.2) is 0 Å². The highest BCUT2D eigenvalue weighted by Crippen LogP contribution is 2.48. The van der Waals surface area contributed by atoms with Gasteiger partial charge in [0.15, 0.2) is 0 Å². The van der Waals surface area contributed by atoms with Gasteiger partial charge in [-0.1, -0.05) is 123 Å². The summed E-state index contributed by atoms with van der Waals surface area (Å²) in [7, 11) is 0. The van der Waals surface area contributed by atoms with Crippen LogP contribution in [0.1, 0.15) is 117 Å². The maximum atomic E-state index is 4.58. The minimum Gasteiger partial charge on any atom is -0.0993 e. The summed E-state index contributed by atoms with van der Waals surface area (Å²) < 4.78 is 0. The highest BCUT2D eigenvalue weighted by Gasteiger charge is 2.38. The van der Waals surface area contributed by atoms with Gasteiger partial charge < -0.3 is 0 Å². The Balaban J connectivity index is 2.23. The molecular formula is C30H52. The Labute approximate surface area is 190 Å². The van der Waals surface area contributed by atoms with Gasteiger partial charge in [0.25, 0.3) is 0 Å². The van der Waals surface area contributed by atoms with Gasteiger partial charge in [0, 0.05) is 0 Å². The molecule has 0 aliphatic carbocycles. The number of allylic oxidation sites excluding steroid dienone is 1. The Hall–Kier alpha value is -1.04. The zero-order chi connectivity index (χ0) is 22.8. The lowest BCUT2D eigenvalue weighted by atomic mass is 9.61. The van der Waals surface area contributed by atoms with Gasteiger partial charge in [0.2, 0.25) is 0 Å². The van der Waals surface area contributed by atoms with E-state index >= 15 is 0 Å². The SMILES string of the molecule is C=C(CCCCCCCCCc1ccc(C)cc1)C(C)(CC(C)(C)C(C)C)C(C)C. The molecule has 1 atom stereocenters. The van der Waals surface area contributed by atoms with Crippen LogP contribution < -0.4 is 0 Å². The molecule has 0 fully saturated rings. The predicted octanol–water partition coefficient (Wildman–Crippen LogP) is 9.95. The molecule has 1 aromatic carbocycles. The average molecular weight is 413 g/mol. The van der Waals surface area contributed by atoms with Gasteiger partial charge in [-0.05, 0) is 67.3 Å². The number of hydrogen-bond donors (Lipinski definition) is 0. The van der Waals surface area contributed by atoms with Gasteiger partial charge in [-0.3, -0.25) is 0 Å². The Morgan fingerprint density at radius 2 is 1.27 bits per heavy atom. The summed E-state index contributed by atoms with van der Waals surface area (Å²) in [5, 5.41) is 0. The number of benzene rings is 1.